The molecule has 0 radical (unpaired) electrons. The Hall–Kier alpha value is -6.60. The molecule has 0 amide bonds. The molecule has 0 saturated heterocycles. The average Bonchev–Trinajstić information content (AvgIpc) is 3.67. The van der Waals surface area contributed by atoms with Crippen LogP contribution >= 0.6 is 0 Å². The van der Waals surface area contributed by atoms with Gasteiger partial charge in [0.15, 0.2) is 5.65 Å². The van der Waals surface area contributed by atoms with Gasteiger partial charge in [0, 0.05) is 33.8 Å². The monoisotopic (exact) mass is 630 g/mol. The topological polar surface area (TPSA) is 54.1 Å². The van der Waals surface area contributed by atoms with E-state index in [1.54, 1.807) is 0 Å². The Kier molecular flexibility index (Phi) is 6.17. The van der Waals surface area contributed by atoms with Crippen LogP contribution in [-0.2, 0) is 0 Å². The molecule has 1 aliphatic heterocycles. The van der Waals surface area contributed by atoms with Gasteiger partial charge in [-0.25, -0.2) is 0 Å². The molecule has 0 unspecified atom stereocenters. The fraction of sp³-hybridized carbons (Fsp3) is 0. The lowest BCUT2D eigenvalue weighted by Crippen LogP contribution is -2.54. The van der Waals surface area contributed by atoms with Crippen molar-refractivity contribution in [1.82, 2.24) is 19.1 Å². The van der Waals surface area contributed by atoms with Crippen LogP contribution in [0.25, 0.3) is 44.3 Å². The van der Waals surface area contributed by atoms with Crippen LogP contribution < -0.4 is 25.9 Å². The number of ether oxygens (including phenoxy) is 2. The molecule has 1 aliphatic rings. The molecule has 9 aromatic rings. The molecule has 0 N–H and O–H groups in total. The van der Waals surface area contributed by atoms with E-state index in [2.05, 4.69) is 118 Å². The van der Waals surface area contributed by atoms with E-state index >= 15 is 0 Å². The summed E-state index contributed by atoms with van der Waals surface area (Å²) in [5.41, 5.74) is 7.28. The minimum absolute atomic E-state index is 0.0354. The molecule has 10 rings (SSSR count). The highest BCUT2D eigenvalue weighted by Gasteiger charge is 2.38. The van der Waals surface area contributed by atoms with Crippen molar-refractivity contribution in [3.05, 3.63) is 164 Å². The van der Waals surface area contributed by atoms with Crippen LogP contribution in [0.4, 0.5) is 0 Å². The number of aromatic nitrogens is 4. The molecule has 49 heavy (non-hydrogen) atoms. The molecule has 0 fully saturated rings. The van der Waals surface area contributed by atoms with Gasteiger partial charge in [0.1, 0.15) is 11.6 Å². The Morgan fingerprint density at radius 2 is 1.16 bits per heavy atom. The van der Waals surface area contributed by atoms with E-state index in [9.17, 15) is 0 Å². The van der Waals surface area contributed by atoms with Crippen LogP contribution in [0.5, 0.6) is 23.4 Å². The van der Waals surface area contributed by atoms with Gasteiger partial charge in [-0.05, 0) is 47.9 Å². The largest absolute Gasteiger partial charge is 0.441 e. The average molecular weight is 631 g/mol. The van der Waals surface area contributed by atoms with E-state index in [-0.39, 0.29) is 6.71 Å². The third kappa shape index (κ3) is 4.36. The molecule has 0 atom stereocenters. The first-order valence-corrected chi connectivity index (χ1v) is 16.4. The van der Waals surface area contributed by atoms with Crippen molar-refractivity contribution in [2.75, 3.05) is 0 Å². The number of nitrogens with zero attached hydrogens (tertiary/aromatic N) is 4. The van der Waals surface area contributed by atoms with E-state index in [0.29, 0.717) is 11.8 Å². The van der Waals surface area contributed by atoms with Crippen molar-refractivity contribution in [1.29, 1.82) is 0 Å². The Morgan fingerprint density at radius 1 is 0.510 bits per heavy atom. The van der Waals surface area contributed by atoms with Crippen molar-refractivity contribution >= 4 is 55.9 Å². The van der Waals surface area contributed by atoms with Gasteiger partial charge >= 0.3 is 0 Å². The molecule has 0 bridgehead atoms. The van der Waals surface area contributed by atoms with Gasteiger partial charge in [-0.15, -0.1) is 0 Å². The Bertz CT molecular complexity index is 2630. The second-order valence-electron chi connectivity index (χ2n) is 12.2. The van der Waals surface area contributed by atoms with Crippen LogP contribution in [0.3, 0.4) is 0 Å². The van der Waals surface area contributed by atoms with Crippen LogP contribution in [0.15, 0.2) is 164 Å². The first-order valence-electron chi connectivity index (χ1n) is 16.4. The Balaban J connectivity index is 1.13. The normalized spacial score (nSPS) is 12.2. The summed E-state index contributed by atoms with van der Waals surface area (Å²) in [6.45, 7) is -0.0354. The molecule has 6 nitrogen and oxygen atoms in total. The summed E-state index contributed by atoms with van der Waals surface area (Å²) >= 11 is 0. The second-order valence-corrected chi connectivity index (χ2v) is 12.2. The predicted octanol–water partition coefficient (Wildman–Crippen LogP) is 7.93. The van der Waals surface area contributed by atoms with Crippen molar-refractivity contribution in [2.45, 2.75) is 0 Å². The number of para-hydroxylation sites is 4. The minimum atomic E-state index is -0.0354. The van der Waals surface area contributed by atoms with Crippen molar-refractivity contribution < 1.29 is 9.47 Å². The Morgan fingerprint density at radius 3 is 1.94 bits per heavy atom. The maximum Gasteiger partial charge on any atom is 0.254 e. The summed E-state index contributed by atoms with van der Waals surface area (Å²) in [7, 11) is 0. The third-order valence-electron chi connectivity index (χ3n) is 9.38. The zero-order valence-corrected chi connectivity index (χ0v) is 26.3. The SMILES string of the molecule is c1ccc(B2c3ccccc3Oc3c2c2ccc(Oc4cccc(-n5c6ccccc6c6ccccc65)n4)nc2n3-c2ccccc2)cc1. The smallest absolute Gasteiger partial charge is 0.254 e. The van der Waals surface area contributed by atoms with Gasteiger partial charge in [0.2, 0.25) is 17.6 Å². The number of fused-ring (bicyclic) bond motifs is 7. The highest BCUT2D eigenvalue weighted by Crippen LogP contribution is 2.36. The van der Waals surface area contributed by atoms with Crippen LogP contribution in [0.1, 0.15) is 0 Å². The number of hydrogen-bond acceptors (Lipinski definition) is 4. The lowest BCUT2D eigenvalue weighted by atomic mass is 9.36. The molecule has 4 aromatic heterocycles. The molecule has 7 heteroatoms. The first-order chi connectivity index (χ1) is 24.3. The molecule has 0 saturated carbocycles. The van der Waals surface area contributed by atoms with E-state index in [1.807, 2.05) is 54.6 Å². The van der Waals surface area contributed by atoms with Crippen LogP contribution in [-0.4, -0.2) is 25.8 Å². The number of pyridine rings is 2. The van der Waals surface area contributed by atoms with E-state index in [1.165, 1.54) is 16.2 Å². The van der Waals surface area contributed by atoms with Crippen LogP contribution in [0, 0.1) is 0 Å². The van der Waals surface area contributed by atoms with Gasteiger partial charge in [0.05, 0.1) is 16.7 Å². The van der Waals surface area contributed by atoms with Crippen molar-refractivity contribution in [2.24, 2.45) is 0 Å². The maximum atomic E-state index is 6.75. The van der Waals surface area contributed by atoms with Crippen molar-refractivity contribution in [3.8, 4) is 34.9 Å². The lowest BCUT2D eigenvalue weighted by molar-refractivity contribution is 0.444. The first kappa shape index (κ1) is 27.5. The lowest BCUT2D eigenvalue weighted by Gasteiger charge is -2.25. The molecule has 0 aliphatic carbocycles. The second kappa shape index (κ2) is 11.0. The number of hydrogen-bond donors (Lipinski definition) is 0. The molecular weight excluding hydrogens is 603 g/mol. The van der Waals surface area contributed by atoms with Crippen LogP contribution in [0.2, 0.25) is 0 Å². The number of benzene rings is 5. The van der Waals surface area contributed by atoms with Gasteiger partial charge in [0.25, 0.3) is 6.71 Å². The molecule has 230 valence electrons. The fourth-order valence-electron chi connectivity index (χ4n) is 7.32. The fourth-order valence-corrected chi connectivity index (χ4v) is 7.32. The minimum Gasteiger partial charge on any atom is -0.441 e. The number of rotatable bonds is 5. The van der Waals surface area contributed by atoms with Gasteiger partial charge in [-0.1, -0.05) is 115 Å². The standard InChI is InChI=1S/C42H27BN4O2/c1-3-14-28(15-4-1)43-33-20-9-12-23-36(33)48-42-40(43)32-26-27-39(45-41(32)46(42)29-16-5-2-6-17-29)49-38-25-13-24-37(44-38)47-34-21-10-7-18-30(34)31-19-8-11-22-35(31)47/h1-27H. The molecule has 5 heterocycles. The predicted molar refractivity (Wildman–Crippen MR) is 197 cm³/mol. The van der Waals surface area contributed by atoms with Gasteiger partial charge < -0.3 is 9.47 Å². The zero-order chi connectivity index (χ0) is 32.3. The summed E-state index contributed by atoms with van der Waals surface area (Å²) in [5.74, 6) is 3.27. The quantitative estimate of drug-likeness (QED) is 0.181. The zero-order valence-electron chi connectivity index (χ0n) is 26.3. The third-order valence-corrected chi connectivity index (χ3v) is 9.38. The summed E-state index contributed by atoms with van der Waals surface area (Å²) in [6.07, 6.45) is 0. The highest BCUT2D eigenvalue weighted by atomic mass is 16.5. The Labute approximate surface area is 282 Å². The van der Waals surface area contributed by atoms with E-state index < -0.39 is 0 Å². The summed E-state index contributed by atoms with van der Waals surface area (Å²) in [4.78, 5) is 10.1. The maximum absolute atomic E-state index is 6.75. The summed E-state index contributed by atoms with van der Waals surface area (Å²) < 4.78 is 17.5. The van der Waals surface area contributed by atoms with E-state index in [4.69, 9.17) is 19.4 Å². The van der Waals surface area contributed by atoms with Gasteiger partial charge in [-0.3, -0.25) is 9.13 Å². The highest BCUT2D eigenvalue weighted by molar-refractivity contribution is 6.98. The van der Waals surface area contributed by atoms with Crippen molar-refractivity contribution in [3.63, 3.8) is 0 Å². The summed E-state index contributed by atoms with van der Waals surface area (Å²) in [5, 5.41) is 3.37. The molecular formula is C42H27BN4O2. The van der Waals surface area contributed by atoms with E-state index in [0.717, 1.165) is 56.1 Å². The molecule has 5 aromatic carbocycles. The molecule has 0 spiro atoms. The summed E-state index contributed by atoms with van der Waals surface area (Å²) in [6, 6.07) is 55.8. The van der Waals surface area contributed by atoms with Gasteiger partial charge in [-0.2, -0.15) is 9.97 Å².